The number of hydrogen-bond acceptors (Lipinski definition) is 3. The molecule has 0 bridgehead atoms. The Labute approximate surface area is 131 Å². The summed E-state index contributed by atoms with van der Waals surface area (Å²) in [6.45, 7) is 6.61. The van der Waals surface area contributed by atoms with Crippen LogP contribution in [0.25, 0.3) is 0 Å². The van der Waals surface area contributed by atoms with E-state index in [-0.39, 0.29) is 6.04 Å². The lowest BCUT2D eigenvalue weighted by Gasteiger charge is -2.23. The van der Waals surface area contributed by atoms with Crippen LogP contribution < -0.4 is 10.6 Å². The van der Waals surface area contributed by atoms with E-state index in [0.29, 0.717) is 12.0 Å². The Morgan fingerprint density at radius 3 is 2.60 bits per heavy atom. The van der Waals surface area contributed by atoms with Gasteiger partial charge >= 0.3 is 0 Å². The molecule has 4 heteroatoms. The van der Waals surface area contributed by atoms with Crippen molar-refractivity contribution >= 4 is 21.6 Å². The molecular formula is C16H26BrN3. The van der Waals surface area contributed by atoms with Gasteiger partial charge in [-0.1, -0.05) is 28.9 Å². The molecule has 3 atom stereocenters. The van der Waals surface area contributed by atoms with Gasteiger partial charge in [-0.15, -0.1) is 0 Å². The van der Waals surface area contributed by atoms with Gasteiger partial charge in [0.05, 0.1) is 0 Å². The van der Waals surface area contributed by atoms with Gasteiger partial charge in [-0.05, 0) is 51.1 Å². The highest BCUT2D eigenvalue weighted by molar-refractivity contribution is 9.10. The Hall–Kier alpha value is -0.580. The van der Waals surface area contributed by atoms with E-state index < -0.39 is 0 Å². The van der Waals surface area contributed by atoms with Crippen molar-refractivity contribution in [2.24, 2.45) is 11.7 Å². The van der Waals surface area contributed by atoms with Gasteiger partial charge in [0.2, 0.25) is 0 Å². The molecule has 112 valence electrons. The van der Waals surface area contributed by atoms with Gasteiger partial charge in [0.25, 0.3) is 0 Å². The van der Waals surface area contributed by atoms with E-state index in [4.69, 9.17) is 5.73 Å². The number of likely N-dealkylation sites (N-methyl/N-ethyl adjacent to an activating group) is 1. The summed E-state index contributed by atoms with van der Waals surface area (Å²) in [5, 5.41) is 0. The van der Waals surface area contributed by atoms with Crippen LogP contribution in [-0.2, 0) is 6.42 Å². The van der Waals surface area contributed by atoms with Crippen molar-refractivity contribution < 1.29 is 0 Å². The van der Waals surface area contributed by atoms with E-state index in [2.05, 4.69) is 64.9 Å². The van der Waals surface area contributed by atoms with E-state index in [0.717, 1.165) is 19.5 Å². The van der Waals surface area contributed by atoms with Crippen molar-refractivity contribution in [2.45, 2.75) is 32.4 Å². The van der Waals surface area contributed by atoms with Gasteiger partial charge in [0.1, 0.15) is 0 Å². The first kappa shape index (κ1) is 15.8. The first-order chi connectivity index (χ1) is 9.38. The summed E-state index contributed by atoms with van der Waals surface area (Å²) in [6.07, 6.45) is 0.914. The molecule has 1 saturated heterocycles. The number of nitrogens with zero attached hydrogens (tertiary/aromatic N) is 2. The lowest BCUT2D eigenvalue weighted by atomic mass is 10.1. The summed E-state index contributed by atoms with van der Waals surface area (Å²) in [5.74, 6) is 0.701. The van der Waals surface area contributed by atoms with E-state index >= 15 is 0 Å². The van der Waals surface area contributed by atoms with E-state index in [1.165, 1.54) is 15.7 Å². The van der Waals surface area contributed by atoms with Crippen molar-refractivity contribution in [3.63, 3.8) is 0 Å². The van der Waals surface area contributed by atoms with Gasteiger partial charge in [0, 0.05) is 35.3 Å². The average Bonchev–Trinajstić information content (AvgIpc) is 2.73. The predicted octanol–water partition coefficient (Wildman–Crippen LogP) is 2.73. The fourth-order valence-corrected chi connectivity index (χ4v) is 3.61. The average molecular weight is 340 g/mol. The van der Waals surface area contributed by atoms with Gasteiger partial charge in [-0.3, -0.25) is 0 Å². The zero-order valence-corrected chi connectivity index (χ0v) is 14.5. The molecule has 3 nitrogen and oxygen atoms in total. The molecule has 0 aliphatic carbocycles. The standard InChI is InChI=1S/C16H26BrN3/c1-11-9-20(10-16(11)19(3)4)14-6-5-13(7-12(2)18)15(17)8-14/h5-6,8,11-12,16H,7,9-10,18H2,1-4H3. The number of anilines is 1. The third-order valence-electron chi connectivity index (χ3n) is 4.18. The second-order valence-corrected chi connectivity index (χ2v) is 7.22. The van der Waals surface area contributed by atoms with Gasteiger partial charge in [-0.2, -0.15) is 0 Å². The second kappa shape index (κ2) is 6.46. The number of halogens is 1. The van der Waals surface area contributed by atoms with Crippen LogP contribution in [0, 0.1) is 5.92 Å². The summed E-state index contributed by atoms with van der Waals surface area (Å²) in [4.78, 5) is 4.82. The third-order valence-corrected chi connectivity index (χ3v) is 4.92. The van der Waals surface area contributed by atoms with Crippen LogP contribution in [0.15, 0.2) is 22.7 Å². The number of hydrogen-bond donors (Lipinski definition) is 1. The molecule has 20 heavy (non-hydrogen) atoms. The minimum Gasteiger partial charge on any atom is -0.370 e. The lowest BCUT2D eigenvalue weighted by Crippen LogP contribution is -2.34. The van der Waals surface area contributed by atoms with Gasteiger partial charge in [-0.25, -0.2) is 0 Å². The minimum atomic E-state index is 0.196. The van der Waals surface area contributed by atoms with Crippen LogP contribution in [0.1, 0.15) is 19.4 Å². The monoisotopic (exact) mass is 339 g/mol. The number of rotatable bonds is 4. The summed E-state index contributed by atoms with van der Waals surface area (Å²) in [6, 6.07) is 7.51. The normalized spacial score (nSPS) is 24.4. The summed E-state index contributed by atoms with van der Waals surface area (Å²) in [5.41, 5.74) is 8.49. The van der Waals surface area contributed by atoms with Gasteiger partial charge in [0.15, 0.2) is 0 Å². The van der Waals surface area contributed by atoms with Crippen LogP contribution >= 0.6 is 15.9 Å². The molecule has 1 aromatic rings. The highest BCUT2D eigenvalue weighted by Crippen LogP contribution is 2.30. The molecule has 1 aliphatic rings. The van der Waals surface area contributed by atoms with Crippen LogP contribution in [0.2, 0.25) is 0 Å². The summed E-state index contributed by atoms with van der Waals surface area (Å²) >= 11 is 3.69. The zero-order valence-electron chi connectivity index (χ0n) is 12.9. The quantitative estimate of drug-likeness (QED) is 0.915. The number of nitrogens with two attached hydrogens (primary N) is 1. The fourth-order valence-electron chi connectivity index (χ4n) is 3.08. The third kappa shape index (κ3) is 3.54. The van der Waals surface area contributed by atoms with Crippen LogP contribution in [0.3, 0.4) is 0 Å². The summed E-state index contributed by atoms with van der Waals surface area (Å²) < 4.78 is 1.17. The van der Waals surface area contributed by atoms with Crippen molar-refractivity contribution in [2.75, 3.05) is 32.1 Å². The Morgan fingerprint density at radius 1 is 1.40 bits per heavy atom. The highest BCUT2D eigenvalue weighted by Gasteiger charge is 2.31. The van der Waals surface area contributed by atoms with Crippen molar-refractivity contribution in [3.05, 3.63) is 28.2 Å². The molecule has 1 heterocycles. The smallest absolute Gasteiger partial charge is 0.0378 e. The zero-order chi connectivity index (χ0) is 14.9. The second-order valence-electron chi connectivity index (χ2n) is 6.37. The first-order valence-electron chi connectivity index (χ1n) is 7.34. The molecule has 2 N–H and O–H groups in total. The van der Waals surface area contributed by atoms with Crippen LogP contribution in [0.5, 0.6) is 0 Å². The molecule has 1 aliphatic heterocycles. The van der Waals surface area contributed by atoms with Crippen molar-refractivity contribution in [1.82, 2.24) is 4.90 Å². The molecule has 0 radical (unpaired) electrons. The molecule has 1 fully saturated rings. The fraction of sp³-hybridized carbons (Fsp3) is 0.625. The Balaban J connectivity index is 2.13. The summed E-state index contributed by atoms with van der Waals surface area (Å²) in [7, 11) is 4.35. The molecule has 0 aromatic heterocycles. The first-order valence-corrected chi connectivity index (χ1v) is 8.13. The molecule has 0 spiro atoms. The largest absolute Gasteiger partial charge is 0.370 e. The van der Waals surface area contributed by atoms with Gasteiger partial charge < -0.3 is 15.5 Å². The molecule has 0 saturated carbocycles. The SMILES string of the molecule is CC(N)Cc1ccc(N2CC(C)C(N(C)C)C2)cc1Br. The lowest BCUT2D eigenvalue weighted by molar-refractivity contribution is 0.266. The van der Waals surface area contributed by atoms with Crippen molar-refractivity contribution in [3.8, 4) is 0 Å². The van der Waals surface area contributed by atoms with Crippen LogP contribution in [0.4, 0.5) is 5.69 Å². The van der Waals surface area contributed by atoms with Crippen LogP contribution in [-0.4, -0.2) is 44.2 Å². The molecule has 0 amide bonds. The Bertz CT molecular complexity index is 459. The topological polar surface area (TPSA) is 32.5 Å². The molecule has 1 aromatic carbocycles. The highest BCUT2D eigenvalue weighted by atomic mass is 79.9. The minimum absolute atomic E-state index is 0.196. The number of benzene rings is 1. The maximum absolute atomic E-state index is 5.89. The molecule has 2 rings (SSSR count). The van der Waals surface area contributed by atoms with Crippen molar-refractivity contribution in [1.29, 1.82) is 0 Å². The Morgan fingerprint density at radius 2 is 2.10 bits per heavy atom. The maximum atomic E-state index is 5.89. The maximum Gasteiger partial charge on any atom is 0.0378 e. The van der Waals surface area contributed by atoms with E-state index in [1.807, 2.05) is 6.92 Å². The Kier molecular flexibility index (Phi) is 5.10. The predicted molar refractivity (Wildman–Crippen MR) is 90.3 cm³/mol. The molecule has 3 unspecified atom stereocenters. The van der Waals surface area contributed by atoms with E-state index in [9.17, 15) is 0 Å². The molecular weight excluding hydrogens is 314 g/mol. The van der Waals surface area contributed by atoms with E-state index in [1.54, 1.807) is 0 Å².